The number of anilines is 1. The van der Waals surface area contributed by atoms with Crippen LogP contribution in [0.25, 0.3) is 16.9 Å². The van der Waals surface area contributed by atoms with E-state index in [9.17, 15) is 8.42 Å². The van der Waals surface area contributed by atoms with Crippen molar-refractivity contribution in [2.24, 2.45) is 5.14 Å². The Kier molecular flexibility index (Phi) is 3.67. The molecule has 4 N–H and O–H groups in total. The first kappa shape index (κ1) is 15.3. The van der Waals surface area contributed by atoms with Crippen molar-refractivity contribution >= 4 is 15.8 Å². The number of sulfonamides is 1. The summed E-state index contributed by atoms with van der Waals surface area (Å²) in [6.07, 6.45) is 0. The number of hydrogen-bond donors (Lipinski definition) is 2. The lowest BCUT2D eigenvalue weighted by atomic mass is 10.1. The summed E-state index contributed by atoms with van der Waals surface area (Å²) in [6, 6.07) is 15.9. The van der Waals surface area contributed by atoms with E-state index in [0.29, 0.717) is 11.5 Å². The number of nitrogen functional groups attached to an aromatic ring is 1. The van der Waals surface area contributed by atoms with Gasteiger partial charge in [0.15, 0.2) is 0 Å². The second-order valence-electron chi connectivity index (χ2n) is 5.27. The van der Waals surface area contributed by atoms with Crippen LogP contribution in [0.4, 0.5) is 5.82 Å². The fraction of sp³-hybridized carbons (Fsp3) is 0.0625. The molecule has 0 unspecified atom stereocenters. The fourth-order valence-corrected chi connectivity index (χ4v) is 2.82. The Hall–Kier alpha value is -2.64. The summed E-state index contributed by atoms with van der Waals surface area (Å²) in [5.74, 6) is 0.385. The maximum Gasteiger partial charge on any atom is 0.238 e. The Balaban J connectivity index is 2.09. The quantitative estimate of drug-likeness (QED) is 0.768. The maximum absolute atomic E-state index is 11.3. The summed E-state index contributed by atoms with van der Waals surface area (Å²) >= 11 is 0. The summed E-state index contributed by atoms with van der Waals surface area (Å²) in [5, 5.41) is 9.40. The van der Waals surface area contributed by atoms with Crippen molar-refractivity contribution in [3.8, 4) is 16.9 Å². The first-order valence-corrected chi connectivity index (χ1v) is 8.45. The van der Waals surface area contributed by atoms with E-state index in [1.807, 2.05) is 31.2 Å². The van der Waals surface area contributed by atoms with Crippen molar-refractivity contribution < 1.29 is 8.42 Å². The van der Waals surface area contributed by atoms with Gasteiger partial charge in [-0.2, -0.15) is 5.10 Å². The molecule has 0 saturated heterocycles. The van der Waals surface area contributed by atoms with Crippen LogP contribution < -0.4 is 10.9 Å². The molecule has 0 aliphatic rings. The van der Waals surface area contributed by atoms with E-state index >= 15 is 0 Å². The molecule has 0 saturated carbocycles. The molecular weight excluding hydrogens is 312 g/mol. The van der Waals surface area contributed by atoms with E-state index in [1.54, 1.807) is 22.9 Å². The molecule has 6 nitrogen and oxygen atoms in total. The van der Waals surface area contributed by atoms with Gasteiger partial charge in [0.2, 0.25) is 10.0 Å². The fourth-order valence-electron chi connectivity index (χ4n) is 2.30. The minimum Gasteiger partial charge on any atom is -0.382 e. The predicted octanol–water partition coefficient (Wildman–Crippen LogP) is 2.08. The number of aryl methyl sites for hydroxylation is 1. The van der Waals surface area contributed by atoms with Gasteiger partial charge in [-0.05, 0) is 31.2 Å². The van der Waals surface area contributed by atoms with Crippen LogP contribution in [-0.4, -0.2) is 18.2 Å². The van der Waals surface area contributed by atoms with Crippen LogP contribution in [0.5, 0.6) is 0 Å². The van der Waals surface area contributed by atoms with Gasteiger partial charge in [0.1, 0.15) is 5.82 Å². The van der Waals surface area contributed by atoms with Gasteiger partial charge in [-0.1, -0.05) is 29.8 Å². The first-order valence-electron chi connectivity index (χ1n) is 6.90. The van der Waals surface area contributed by atoms with Gasteiger partial charge in [0.05, 0.1) is 16.3 Å². The van der Waals surface area contributed by atoms with E-state index in [0.717, 1.165) is 16.8 Å². The molecule has 1 aromatic heterocycles. The summed E-state index contributed by atoms with van der Waals surface area (Å²) in [7, 11) is -3.72. The molecule has 3 rings (SSSR count). The molecular formula is C16H16N4O2S. The number of hydrogen-bond acceptors (Lipinski definition) is 4. The average molecular weight is 328 g/mol. The number of benzene rings is 2. The van der Waals surface area contributed by atoms with Crippen molar-refractivity contribution in [3.05, 3.63) is 60.2 Å². The highest BCUT2D eigenvalue weighted by Gasteiger charge is 2.12. The SMILES string of the molecule is Cc1ccc(-c2cc(N)nn2-c2ccc(S(N)(=O)=O)cc2)cc1. The normalized spacial score (nSPS) is 11.6. The van der Waals surface area contributed by atoms with Crippen LogP contribution >= 0.6 is 0 Å². The molecule has 0 fully saturated rings. The van der Waals surface area contributed by atoms with Crippen molar-refractivity contribution in [1.82, 2.24) is 9.78 Å². The highest BCUT2D eigenvalue weighted by molar-refractivity contribution is 7.89. The van der Waals surface area contributed by atoms with E-state index in [1.165, 1.54) is 12.1 Å². The number of primary sulfonamides is 1. The monoisotopic (exact) mass is 328 g/mol. The summed E-state index contributed by atoms with van der Waals surface area (Å²) in [6.45, 7) is 2.02. The standard InChI is InChI=1S/C16H16N4O2S/c1-11-2-4-12(5-3-11)15-10-16(17)19-20(15)13-6-8-14(9-7-13)23(18,21)22/h2-10H,1H3,(H2,17,19)(H2,18,21,22). The van der Waals surface area contributed by atoms with E-state index in [4.69, 9.17) is 10.9 Å². The van der Waals surface area contributed by atoms with Gasteiger partial charge in [-0.25, -0.2) is 18.2 Å². The van der Waals surface area contributed by atoms with Crippen molar-refractivity contribution in [3.63, 3.8) is 0 Å². The van der Waals surface area contributed by atoms with Crippen LogP contribution in [0.3, 0.4) is 0 Å². The summed E-state index contributed by atoms with van der Waals surface area (Å²) in [5.41, 5.74) is 9.48. The third-order valence-corrected chi connectivity index (χ3v) is 4.41. The summed E-state index contributed by atoms with van der Waals surface area (Å²) in [4.78, 5) is 0.0539. The lowest BCUT2D eigenvalue weighted by Crippen LogP contribution is -2.12. The molecule has 23 heavy (non-hydrogen) atoms. The molecule has 7 heteroatoms. The highest BCUT2D eigenvalue weighted by Crippen LogP contribution is 2.25. The zero-order chi connectivity index (χ0) is 16.6. The van der Waals surface area contributed by atoms with E-state index in [-0.39, 0.29) is 4.90 Å². The molecule has 0 bridgehead atoms. The van der Waals surface area contributed by atoms with Gasteiger partial charge < -0.3 is 5.73 Å². The Morgan fingerprint density at radius 1 is 1.00 bits per heavy atom. The molecule has 3 aromatic rings. The van der Waals surface area contributed by atoms with Gasteiger partial charge >= 0.3 is 0 Å². The summed E-state index contributed by atoms with van der Waals surface area (Å²) < 4.78 is 24.4. The van der Waals surface area contributed by atoms with E-state index in [2.05, 4.69) is 5.10 Å². The molecule has 1 heterocycles. The van der Waals surface area contributed by atoms with Gasteiger partial charge in [-0.15, -0.1) is 0 Å². The average Bonchev–Trinajstić information content (AvgIpc) is 2.89. The molecule has 0 atom stereocenters. The van der Waals surface area contributed by atoms with E-state index < -0.39 is 10.0 Å². The molecule has 0 aliphatic carbocycles. The Morgan fingerprint density at radius 2 is 1.61 bits per heavy atom. The molecule has 0 amide bonds. The molecule has 2 aromatic carbocycles. The maximum atomic E-state index is 11.3. The first-order chi connectivity index (χ1) is 10.8. The molecule has 0 spiro atoms. The van der Waals surface area contributed by atoms with Crippen molar-refractivity contribution in [2.45, 2.75) is 11.8 Å². The van der Waals surface area contributed by atoms with Crippen LogP contribution in [0, 0.1) is 6.92 Å². The van der Waals surface area contributed by atoms with Gasteiger partial charge in [-0.3, -0.25) is 0 Å². The predicted molar refractivity (Wildman–Crippen MR) is 89.5 cm³/mol. The minimum absolute atomic E-state index is 0.0539. The van der Waals surface area contributed by atoms with Crippen LogP contribution in [0.1, 0.15) is 5.56 Å². The smallest absolute Gasteiger partial charge is 0.238 e. The second kappa shape index (κ2) is 5.53. The van der Waals surface area contributed by atoms with Crippen LogP contribution in [0.2, 0.25) is 0 Å². The lowest BCUT2D eigenvalue weighted by molar-refractivity contribution is 0.598. The van der Waals surface area contributed by atoms with Gasteiger partial charge in [0.25, 0.3) is 0 Å². The van der Waals surface area contributed by atoms with Crippen LogP contribution in [0.15, 0.2) is 59.5 Å². The number of aromatic nitrogens is 2. The topological polar surface area (TPSA) is 104 Å². The zero-order valence-corrected chi connectivity index (χ0v) is 13.3. The molecule has 0 radical (unpaired) electrons. The Labute approximate surface area is 134 Å². The van der Waals surface area contributed by atoms with Crippen molar-refractivity contribution in [1.29, 1.82) is 0 Å². The third-order valence-electron chi connectivity index (χ3n) is 3.49. The largest absolute Gasteiger partial charge is 0.382 e. The second-order valence-corrected chi connectivity index (χ2v) is 6.83. The molecule has 118 valence electrons. The van der Waals surface area contributed by atoms with Crippen LogP contribution in [-0.2, 0) is 10.0 Å². The van der Waals surface area contributed by atoms with Gasteiger partial charge in [0, 0.05) is 11.6 Å². The Bertz CT molecular complexity index is 943. The third kappa shape index (κ3) is 3.10. The molecule has 0 aliphatic heterocycles. The van der Waals surface area contributed by atoms with Crippen molar-refractivity contribution in [2.75, 3.05) is 5.73 Å². The number of rotatable bonds is 3. The number of nitrogens with zero attached hydrogens (tertiary/aromatic N) is 2. The minimum atomic E-state index is -3.72. The Morgan fingerprint density at radius 3 is 2.17 bits per heavy atom. The number of nitrogens with two attached hydrogens (primary N) is 2. The lowest BCUT2D eigenvalue weighted by Gasteiger charge is -2.08. The zero-order valence-electron chi connectivity index (χ0n) is 12.5. The highest BCUT2D eigenvalue weighted by atomic mass is 32.2.